The van der Waals surface area contributed by atoms with Crippen LogP contribution in [0.25, 0.3) is 22.3 Å². The maximum atomic E-state index is 11.6. The minimum atomic E-state index is -0.0614. The van der Waals surface area contributed by atoms with E-state index in [2.05, 4.69) is 32.0 Å². The maximum absolute atomic E-state index is 11.6. The number of hydrogen-bond acceptors (Lipinski definition) is 4. The van der Waals surface area contributed by atoms with Gasteiger partial charge in [-0.3, -0.25) is 9.78 Å². The van der Waals surface area contributed by atoms with E-state index in [9.17, 15) is 4.79 Å². The fourth-order valence-corrected chi connectivity index (χ4v) is 3.79. The van der Waals surface area contributed by atoms with Crippen molar-refractivity contribution in [2.45, 2.75) is 38.3 Å². The minimum Gasteiger partial charge on any atom is -0.488 e. The number of rotatable bonds is 5. The highest BCUT2D eigenvalue weighted by molar-refractivity contribution is 5.87. The fraction of sp³-hybridized carbons (Fsp3) is 0.381. The highest BCUT2D eigenvalue weighted by Crippen LogP contribution is 2.41. The smallest absolute Gasteiger partial charge is 0.220 e. The maximum Gasteiger partial charge on any atom is 0.220 e. The first-order chi connectivity index (χ1) is 13.2. The third kappa shape index (κ3) is 3.05. The lowest BCUT2D eigenvalue weighted by atomic mass is 10.0. The molecule has 5 rings (SSSR count). The van der Waals surface area contributed by atoms with Crippen LogP contribution in [0.3, 0.4) is 0 Å². The molecule has 2 atom stereocenters. The topological polar surface area (TPSA) is 69.0 Å². The standard InChI is InChI=1S/C21H22N4O2/c1-13(15-10-20(26)23-11-15)27-19-9-14(17-4-2-3-7-22-17)8-18-21(19)25(12-24-18)16-5-6-16/h2-4,7-9,12-13,15-16H,5-6,10-11H2,1H3,(H,23,26)/t13-,15?/m1/s1. The van der Waals surface area contributed by atoms with E-state index in [1.807, 2.05) is 31.5 Å². The molecular weight excluding hydrogens is 340 g/mol. The monoisotopic (exact) mass is 362 g/mol. The average Bonchev–Trinajstić information content (AvgIpc) is 3.28. The Hall–Kier alpha value is -2.89. The van der Waals surface area contributed by atoms with Gasteiger partial charge in [-0.05, 0) is 44.0 Å². The second-order valence-electron chi connectivity index (χ2n) is 7.53. The van der Waals surface area contributed by atoms with E-state index >= 15 is 0 Å². The second-order valence-corrected chi connectivity index (χ2v) is 7.53. The lowest BCUT2D eigenvalue weighted by molar-refractivity contribution is -0.119. The van der Waals surface area contributed by atoms with Crippen LogP contribution in [0.15, 0.2) is 42.9 Å². The molecule has 1 unspecified atom stereocenters. The molecule has 1 saturated heterocycles. The van der Waals surface area contributed by atoms with Gasteiger partial charge in [0, 0.05) is 36.7 Å². The summed E-state index contributed by atoms with van der Waals surface area (Å²) in [6.07, 6.45) is 6.54. The molecule has 6 heteroatoms. The van der Waals surface area contributed by atoms with Gasteiger partial charge in [-0.15, -0.1) is 0 Å². The van der Waals surface area contributed by atoms with Gasteiger partial charge in [-0.2, -0.15) is 0 Å². The van der Waals surface area contributed by atoms with Crippen molar-refractivity contribution in [1.82, 2.24) is 19.9 Å². The molecule has 1 amide bonds. The molecule has 3 aromatic rings. The summed E-state index contributed by atoms with van der Waals surface area (Å²) in [5, 5.41) is 2.90. The van der Waals surface area contributed by atoms with Gasteiger partial charge in [-0.25, -0.2) is 4.98 Å². The van der Waals surface area contributed by atoms with Gasteiger partial charge < -0.3 is 14.6 Å². The Morgan fingerprint density at radius 3 is 2.85 bits per heavy atom. The third-order valence-electron chi connectivity index (χ3n) is 5.52. The summed E-state index contributed by atoms with van der Waals surface area (Å²) < 4.78 is 8.65. The average molecular weight is 362 g/mol. The molecule has 2 aliphatic rings. The van der Waals surface area contributed by atoms with Crippen LogP contribution in [0.1, 0.15) is 32.2 Å². The Morgan fingerprint density at radius 2 is 2.15 bits per heavy atom. The summed E-state index contributed by atoms with van der Waals surface area (Å²) in [6, 6.07) is 10.5. The van der Waals surface area contributed by atoms with Crippen LogP contribution >= 0.6 is 0 Å². The molecule has 0 spiro atoms. The molecule has 1 N–H and O–H groups in total. The zero-order valence-corrected chi connectivity index (χ0v) is 15.3. The Morgan fingerprint density at radius 1 is 1.26 bits per heavy atom. The lowest BCUT2D eigenvalue weighted by Crippen LogP contribution is -2.25. The van der Waals surface area contributed by atoms with Crippen LogP contribution in [-0.2, 0) is 4.79 Å². The van der Waals surface area contributed by atoms with Crippen molar-refractivity contribution in [2.75, 3.05) is 6.54 Å². The second kappa shape index (κ2) is 6.37. The Balaban J connectivity index is 1.57. The number of carbonyl (C=O) groups is 1. The molecule has 2 fully saturated rings. The number of amides is 1. The zero-order valence-electron chi connectivity index (χ0n) is 15.3. The Labute approximate surface area is 157 Å². The van der Waals surface area contributed by atoms with Gasteiger partial charge in [0.1, 0.15) is 17.4 Å². The van der Waals surface area contributed by atoms with Crippen molar-refractivity contribution in [3.05, 3.63) is 42.9 Å². The summed E-state index contributed by atoms with van der Waals surface area (Å²) in [5.41, 5.74) is 3.86. The number of ether oxygens (including phenoxy) is 1. The molecule has 138 valence electrons. The van der Waals surface area contributed by atoms with E-state index in [1.54, 1.807) is 6.20 Å². The zero-order chi connectivity index (χ0) is 18.4. The summed E-state index contributed by atoms with van der Waals surface area (Å²) in [7, 11) is 0. The SMILES string of the molecule is C[C@@H](Oc1cc(-c2ccccn2)cc2ncn(C3CC3)c12)C1CNC(=O)C1. The van der Waals surface area contributed by atoms with Gasteiger partial charge >= 0.3 is 0 Å². The number of nitrogens with one attached hydrogen (secondary N) is 1. The molecule has 2 aromatic heterocycles. The Kier molecular flexibility index (Phi) is 3.85. The van der Waals surface area contributed by atoms with Gasteiger partial charge in [0.2, 0.25) is 5.91 Å². The van der Waals surface area contributed by atoms with Crippen molar-refractivity contribution in [3.63, 3.8) is 0 Å². The summed E-state index contributed by atoms with van der Waals surface area (Å²) in [6.45, 7) is 2.72. The largest absolute Gasteiger partial charge is 0.488 e. The molecular formula is C21H22N4O2. The van der Waals surface area contributed by atoms with E-state index in [0.717, 1.165) is 28.0 Å². The Bertz CT molecular complexity index is 994. The van der Waals surface area contributed by atoms with Gasteiger partial charge in [0.25, 0.3) is 0 Å². The van der Waals surface area contributed by atoms with Crippen LogP contribution in [0.2, 0.25) is 0 Å². The first-order valence-corrected chi connectivity index (χ1v) is 9.54. The molecule has 3 heterocycles. The summed E-state index contributed by atoms with van der Waals surface area (Å²) in [5.74, 6) is 1.11. The number of benzene rings is 1. The van der Waals surface area contributed by atoms with E-state index in [0.29, 0.717) is 19.0 Å². The van der Waals surface area contributed by atoms with Gasteiger partial charge in [-0.1, -0.05) is 6.07 Å². The van der Waals surface area contributed by atoms with Crippen molar-refractivity contribution in [3.8, 4) is 17.0 Å². The predicted octanol–water partition coefficient (Wildman–Crippen LogP) is 3.34. The van der Waals surface area contributed by atoms with Crippen LogP contribution < -0.4 is 10.1 Å². The first kappa shape index (κ1) is 16.3. The van der Waals surface area contributed by atoms with Gasteiger partial charge in [0.05, 0.1) is 17.5 Å². The lowest BCUT2D eigenvalue weighted by Gasteiger charge is -2.21. The van der Waals surface area contributed by atoms with E-state index in [4.69, 9.17) is 4.74 Å². The predicted molar refractivity (Wildman–Crippen MR) is 102 cm³/mol. The molecule has 27 heavy (non-hydrogen) atoms. The fourth-order valence-electron chi connectivity index (χ4n) is 3.79. The highest BCUT2D eigenvalue weighted by atomic mass is 16.5. The molecule has 1 saturated carbocycles. The number of nitrogens with zero attached hydrogens (tertiary/aromatic N) is 3. The van der Waals surface area contributed by atoms with E-state index < -0.39 is 0 Å². The minimum absolute atomic E-state index is 0.0614. The van der Waals surface area contributed by atoms with Crippen molar-refractivity contribution >= 4 is 16.9 Å². The van der Waals surface area contributed by atoms with Crippen LogP contribution in [-0.4, -0.2) is 33.1 Å². The van der Waals surface area contributed by atoms with Crippen LogP contribution in [0.5, 0.6) is 5.75 Å². The molecule has 0 bridgehead atoms. The van der Waals surface area contributed by atoms with Crippen LogP contribution in [0.4, 0.5) is 0 Å². The van der Waals surface area contributed by atoms with E-state index in [-0.39, 0.29) is 17.9 Å². The van der Waals surface area contributed by atoms with Crippen molar-refractivity contribution in [1.29, 1.82) is 0 Å². The summed E-state index contributed by atoms with van der Waals surface area (Å²) >= 11 is 0. The molecule has 1 aliphatic heterocycles. The number of carbonyl (C=O) groups excluding carboxylic acids is 1. The molecule has 0 radical (unpaired) electrons. The normalized spacial score (nSPS) is 20.6. The number of imidazole rings is 1. The van der Waals surface area contributed by atoms with E-state index in [1.165, 1.54) is 12.8 Å². The van der Waals surface area contributed by atoms with Crippen LogP contribution in [0, 0.1) is 5.92 Å². The third-order valence-corrected chi connectivity index (χ3v) is 5.52. The molecule has 1 aliphatic carbocycles. The first-order valence-electron chi connectivity index (χ1n) is 9.54. The van der Waals surface area contributed by atoms with Crippen molar-refractivity contribution in [2.24, 2.45) is 5.92 Å². The number of aromatic nitrogens is 3. The quantitative estimate of drug-likeness (QED) is 0.756. The van der Waals surface area contributed by atoms with Gasteiger partial charge in [0.15, 0.2) is 0 Å². The molecule has 1 aromatic carbocycles. The molecule has 6 nitrogen and oxygen atoms in total. The highest BCUT2D eigenvalue weighted by Gasteiger charge is 2.30. The van der Waals surface area contributed by atoms with Crippen molar-refractivity contribution < 1.29 is 9.53 Å². The number of pyridine rings is 1. The summed E-state index contributed by atoms with van der Waals surface area (Å²) in [4.78, 5) is 20.7. The number of fused-ring (bicyclic) bond motifs is 1. The number of hydrogen-bond donors (Lipinski definition) is 1.